The maximum atomic E-state index is 12.5. The highest BCUT2D eigenvalue weighted by atomic mass is 16.7. The van der Waals surface area contributed by atoms with E-state index in [1.165, 1.54) is 0 Å². The highest BCUT2D eigenvalue weighted by Gasteiger charge is 2.27. The number of rotatable bonds is 7. The quantitative estimate of drug-likeness (QED) is 0.529. The Balaban J connectivity index is 1.32. The van der Waals surface area contributed by atoms with Crippen LogP contribution in [-0.2, 0) is 14.3 Å². The number of hydrogen-bond acceptors (Lipinski definition) is 8. The molecule has 4 rings (SSSR count). The van der Waals surface area contributed by atoms with E-state index in [0.29, 0.717) is 38.6 Å². The van der Waals surface area contributed by atoms with Gasteiger partial charge in [0.2, 0.25) is 6.79 Å². The van der Waals surface area contributed by atoms with Crippen LogP contribution in [0.3, 0.4) is 0 Å². The Labute approximate surface area is 188 Å². The number of fused-ring (bicyclic) bond motifs is 1. The summed E-state index contributed by atoms with van der Waals surface area (Å²) in [5, 5.41) is 5.56. The zero-order valence-electron chi connectivity index (χ0n) is 18.7. The Bertz CT molecular complexity index is 793. The summed E-state index contributed by atoms with van der Waals surface area (Å²) < 4.78 is 16.3. The van der Waals surface area contributed by atoms with Gasteiger partial charge < -0.3 is 29.7 Å². The van der Waals surface area contributed by atoms with Gasteiger partial charge in [0.05, 0.1) is 19.3 Å². The third-order valence-corrected chi connectivity index (χ3v) is 6.24. The van der Waals surface area contributed by atoms with Gasteiger partial charge in [-0.25, -0.2) is 0 Å². The average Bonchev–Trinajstić information content (AvgIpc) is 3.29. The summed E-state index contributed by atoms with van der Waals surface area (Å²) >= 11 is 0. The Kier molecular flexibility index (Phi) is 7.80. The molecule has 176 valence electrons. The number of piperazine rings is 1. The van der Waals surface area contributed by atoms with Gasteiger partial charge in [0.15, 0.2) is 11.5 Å². The van der Waals surface area contributed by atoms with E-state index in [1.54, 1.807) is 0 Å². The Morgan fingerprint density at radius 2 is 1.69 bits per heavy atom. The van der Waals surface area contributed by atoms with Crippen LogP contribution in [0.25, 0.3) is 0 Å². The molecule has 2 saturated heterocycles. The summed E-state index contributed by atoms with van der Waals surface area (Å²) in [4.78, 5) is 31.6. The second kappa shape index (κ2) is 11.0. The van der Waals surface area contributed by atoms with Crippen molar-refractivity contribution >= 4 is 11.8 Å². The molecule has 0 spiro atoms. The van der Waals surface area contributed by atoms with Gasteiger partial charge >= 0.3 is 11.8 Å². The summed E-state index contributed by atoms with van der Waals surface area (Å²) in [6.07, 6.45) is 0. The van der Waals surface area contributed by atoms with Crippen LogP contribution in [0, 0.1) is 0 Å². The molecule has 2 amide bonds. The van der Waals surface area contributed by atoms with E-state index in [4.69, 9.17) is 14.2 Å². The van der Waals surface area contributed by atoms with Crippen LogP contribution in [0.4, 0.5) is 0 Å². The lowest BCUT2D eigenvalue weighted by molar-refractivity contribution is -0.139. The van der Waals surface area contributed by atoms with Gasteiger partial charge in [-0.05, 0) is 24.7 Å². The molecule has 0 aliphatic carbocycles. The van der Waals surface area contributed by atoms with E-state index in [0.717, 1.165) is 50.6 Å². The molecule has 0 aromatic heterocycles. The zero-order chi connectivity index (χ0) is 22.3. The molecule has 0 radical (unpaired) electrons. The van der Waals surface area contributed by atoms with Crippen LogP contribution in [0.2, 0.25) is 0 Å². The first-order valence-corrected chi connectivity index (χ1v) is 11.3. The van der Waals surface area contributed by atoms with Crippen LogP contribution in [0.15, 0.2) is 18.2 Å². The summed E-state index contributed by atoms with van der Waals surface area (Å²) in [5.41, 5.74) is 1.03. The van der Waals surface area contributed by atoms with Crippen LogP contribution in [0.1, 0.15) is 11.6 Å². The Morgan fingerprint density at radius 3 is 2.47 bits per heavy atom. The SMILES string of the molecule is CN1CCN(C(CNC(=O)C(=O)NCCN2CCOCC2)c2ccc3c(c2)OCO3)CC1. The van der Waals surface area contributed by atoms with Crippen molar-refractivity contribution in [1.82, 2.24) is 25.3 Å². The number of benzene rings is 1. The first-order chi connectivity index (χ1) is 15.6. The van der Waals surface area contributed by atoms with E-state index < -0.39 is 11.8 Å². The number of morpholine rings is 1. The molecule has 10 heteroatoms. The average molecular weight is 448 g/mol. The lowest BCUT2D eigenvalue weighted by Crippen LogP contribution is -2.50. The van der Waals surface area contributed by atoms with E-state index in [-0.39, 0.29) is 12.8 Å². The summed E-state index contributed by atoms with van der Waals surface area (Å²) in [5.74, 6) is 0.247. The van der Waals surface area contributed by atoms with Crippen molar-refractivity contribution in [1.29, 1.82) is 0 Å². The number of ether oxygens (including phenoxy) is 3. The van der Waals surface area contributed by atoms with Gasteiger partial charge in [-0.2, -0.15) is 0 Å². The van der Waals surface area contributed by atoms with Gasteiger partial charge in [0, 0.05) is 58.9 Å². The van der Waals surface area contributed by atoms with E-state index >= 15 is 0 Å². The van der Waals surface area contributed by atoms with Gasteiger partial charge in [-0.15, -0.1) is 0 Å². The number of hydrogen-bond donors (Lipinski definition) is 2. The first-order valence-electron chi connectivity index (χ1n) is 11.3. The molecule has 10 nitrogen and oxygen atoms in total. The molecule has 0 saturated carbocycles. The molecule has 0 bridgehead atoms. The van der Waals surface area contributed by atoms with Gasteiger partial charge in [-0.3, -0.25) is 19.4 Å². The van der Waals surface area contributed by atoms with Crippen molar-refractivity contribution < 1.29 is 23.8 Å². The number of carbonyl (C=O) groups is 2. The largest absolute Gasteiger partial charge is 0.454 e. The standard InChI is InChI=1S/C22H33N5O5/c1-25-6-8-27(9-7-25)18(17-2-3-19-20(14-17)32-16-31-19)15-24-22(29)21(28)23-4-5-26-10-12-30-13-11-26/h2-3,14,18H,4-13,15-16H2,1H3,(H,23,28)(H,24,29). The molecule has 3 aliphatic rings. The maximum Gasteiger partial charge on any atom is 0.309 e. The van der Waals surface area contributed by atoms with Crippen molar-refractivity contribution in [2.24, 2.45) is 0 Å². The fraction of sp³-hybridized carbons (Fsp3) is 0.636. The first kappa shape index (κ1) is 22.8. The third-order valence-electron chi connectivity index (χ3n) is 6.24. The summed E-state index contributed by atoms with van der Waals surface area (Å²) in [6, 6.07) is 5.83. The fourth-order valence-corrected chi connectivity index (χ4v) is 4.21. The minimum Gasteiger partial charge on any atom is -0.454 e. The molecule has 1 aromatic carbocycles. The molecule has 1 unspecified atom stereocenters. The normalized spacial score (nSPS) is 20.7. The number of likely N-dealkylation sites (N-methyl/N-ethyl adjacent to an activating group) is 1. The Hall–Kier alpha value is -2.40. The van der Waals surface area contributed by atoms with Gasteiger partial charge in [-0.1, -0.05) is 6.07 Å². The summed E-state index contributed by atoms with van der Waals surface area (Å²) in [7, 11) is 2.11. The molecule has 1 aromatic rings. The van der Waals surface area contributed by atoms with Crippen LogP contribution in [-0.4, -0.2) is 112 Å². The maximum absolute atomic E-state index is 12.5. The second-order valence-corrected chi connectivity index (χ2v) is 8.39. The highest BCUT2D eigenvalue weighted by Crippen LogP contribution is 2.35. The van der Waals surface area contributed by atoms with Crippen molar-refractivity contribution in [2.75, 3.05) is 86.0 Å². The van der Waals surface area contributed by atoms with Crippen LogP contribution < -0.4 is 20.1 Å². The minimum absolute atomic E-state index is 0.0525. The molecule has 3 heterocycles. The minimum atomic E-state index is -0.605. The summed E-state index contributed by atoms with van der Waals surface area (Å²) in [6.45, 7) is 8.53. The predicted molar refractivity (Wildman–Crippen MR) is 118 cm³/mol. The van der Waals surface area contributed by atoms with E-state index in [1.807, 2.05) is 18.2 Å². The monoisotopic (exact) mass is 447 g/mol. The zero-order valence-corrected chi connectivity index (χ0v) is 18.7. The number of carbonyl (C=O) groups excluding carboxylic acids is 2. The second-order valence-electron chi connectivity index (χ2n) is 8.39. The van der Waals surface area contributed by atoms with Gasteiger partial charge in [0.25, 0.3) is 0 Å². The van der Waals surface area contributed by atoms with E-state index in [2.05, 4.69) is 32.4 Å². The predicted octanol–water partition coefficient (Wildman–Crippen LogP) is -0.732. The van der Waals surface area contributed by atoms with Gasteiger partial charge in [0.1, 0.15) is 0 Å². The van der Waals surface area contributed by atoms with Crippen molar-refractivity contribution in [3.05, 3.63) is 23.8 Å². The molecule has 32 heavy (non-hydrogen) atoms. The third kappa shape index (κ3) is 5.89. The van der Waals surface area contributed by atoms with Crippen LogP contribution in [0.5, 0.6) is 11.5 Å². The number of nitrogens with one attached hydrogen (secondary N) is 2. The molecular weight excluding hydrogens is 414 g/mol. The molecule has 1 atom stereocenters. The smallest absolute Gasteiger partial charge is 0.309 e. The molecule has 3 aliphatic heterocycles. The van der Waals surface area contributed by atoms with Crippen molar-refractivity contribution in [2.45, 2.75) is 6.04 Å². The van der Waals surface area contributed by atoms with E-state index in [9.17, 15) is 9.59 Å². The van der Waals surface area contributed by atoms with Crippen LogP contribution >= 0.6 is 0 Å². The molecule has 2 N–H and O–H groups in total. The fourth-order valence-electron chi connectivity index (χ4n) is 4.21. The molecular formula is C22H33N5O5. The number of amides is 2. The Morgan fingerprint density at radius 1 is 0.969 bits per heavy atom. The lowest BCUT2D eigenvalue weighted by atomic mass is 10.0. The topological polar surface area (TPSA) is 95.6 Å². The van der Waals surface area contributed by atoms with Crippen molar-refractivity contribution in [3.63, 3.8) is 0 Å². The number of nitrogens with zero attached hydrogens (tertiary/aromatic N) is 3. The lowest BCUT2D eigenvalue weighted by Gasteiger charge is -2.38. The van der Waals surface area contributed by atoms with Crippen molar-refractivity contribution in [3.8, 4) is 11.5 Å². The highest BCUT2D eigenvalue weighted by molar-refractivity contribution is 6.35. The molecule has 2 fully saturated rings.